The monoisotopic (exact) mass is 159 g/mol. The Morgan fingerprint density at radius 1 is 0.875 bits per heavy atom. The zero-order chi connectivity index (χ0) is 5.70. The van der Waals surface area contributed by atoms with Crippen molar-refractivity contribution < 1.29 is 62.8 Å². The van der Waals surface area contributed by atoms with Crippen LogP contribution in [-0.2, 0) is 11.4 Å². The van der Waals surface area contributed by atoms with Crippen molar-refractivity contribution in [2.75, 3.05) is 21.3 Å². The van der Waals surface area contributed by atoms with Gasteiger partial charge in [-0.3, -0.25) is 0 Å². The summed E-state index contributed by atoms with van der Waals surface area (Å²) in [5, 5.41) is 0. The van der Waals surface area contributed by atoms with E-state index >= 15 is 0 Å². The second kappa shape index (κ2) is 9.05. The van der Waals surface area contributed by atoms with Crippen molar-refractivity contribution in [2.24, 2.45) is 0 Å². The SMILES string of the molecule is C[O][Al-]([O]C)[O]C.[K+]. The van der Waals surface area contributed by atoms with E-state index in [1.807, 2.05) is 0 Å². The molecule has 0 atom stereocenters. The molecule has 0 aromatic carbocycles. The molecule has 5 heteroatoms. The summed E-state index contributed by atoms with van der Waals surface area (Å²) in [5.41, 5.74) is 0. The summed E-state index contributed by atoms with van der Waals surface area (Å²) in [4.78, 5) is 0. The Hall–Kier alpha value is 2.05. The molecular weight excluding hydrogens is 150 g/mol. The summed E-state index contributed by atoms with van der Waals surface area (Å²) >= 11 is -1.67. The van der Waals surface area contributed by atoms with Crippen LogP contribution in [0, 0.1) is 0 Å². The van der Waals surface area contributed by atoms with Crippen LogP contribution in [0.5, 0.6) is 0 Å². The molecule has 8 heavy (non-hydrogen) atoms. The van der Waals surface area contributed by atoms with E-state index in [1.54, 1.807) is 21.3 Å². The Bertz CT molecular complexity index is 36.0. The molecule has 0 aliphatic heterocycles. The van der Waals surface area contributed by atoms with E-state index in [-0.39, 0.29) is 51.4 Å². The van der Waals surface area contributed by atoms with Gasteiger partial charge in [-0.15, -0.1) is 0 Å². The van der Waals surface area contributed by atoms with Gasteiger partial charge in [0.25, 0.3) is 0 Å². The van der Waals surface area contributed by atoms with Crippen LogP contribution in [-0.4, -0.2) is 36.5 Å². The van der Waals surface area contributed by atoms with Gasteiger partial charge in [-0.05, 0) is 21.3 Å². The van der Waals surface area contributed by atoms with E-state index in [0.717, 1.165) is 0 Å². The molecule has 3 nitrogen and oxygen atoms in total. The molecule has 1 radical (unpaired) electrons. The molecule has 0 amide bonds. The maximum atomic E-state index is 4.74. The molecule has 0 aromatic rings. The Kier molecular flexibility index (Phi) is 14.4. The second-order valence-corrected chi connectivity index (χ2v) is 2.99. The van der Waals surface area contributed by atoms with E-state index < -0.39 is 15.1 Å². The van der Waals surface area contributed by atoms with Crippen molar-refractivity contribution in [3.63, 3.8) is 0 Å². The minimum atomic E-state index is -1.67. The Morgan fingerprint density at radius 3 is 1.12 bits per heavy atom. The molecule has 43 valence electrons. The summed E-state index contributed by atoms with van der Waals surface area (Å²) < 4.78 is 14.2. The molecule has 0 fully saturated rings. The minimum Gasteiger partial charge on any atom is -0.636 e. The molecule has 0 saturated heterocycles. The van der Waals surface area contributed by atoms with Gasteiger partial charge >= 0.3 is 66.5 Å². The minimum absolute atomic E-state index is 0. The van der Waals surface area contributed by atoms with E-state index in [9.17, 15) is 0 Å². The normalized spacial score (nSPS) is 9.00. The van der Waals surface area contributed by atoms with Gasteiger partial charge in [-0.2, -0.15) is 0 Å². The summed E-state index contributed by atoms with van der Waals surface area (Å²) in [6.07, 6.45) is 0. The molecule has 0 saturated carbocycles. The molecule has 0 aliphatic carbocycles. The molecule has 0 heterocycles. The topological polar surface area (TPSA) is 27.7 Å². The zero-order valence-corrected chi connectivity index (χ0v) is 10.1. The van der Waals surface area contributed by atoms with Crippen LogP contribution in [0.25, 0.3) is 0 Å². The number of hydrogen-bond acceptors (Lipinski definition) is 3. The smallest absolute Gasteiger partial charge is 0.636 e. The Morgan fingerprint density at radius 2 is 1.12 bits per heavy atom. The molecule has 0 aliphatic rings. The van der Waals surface area contributed by atoms with Crippen molar-refractivity contribution >= 4 is 15.1 Å². The summed E-state index contributed by atoms with van der Waals surface area (Å²) in [7, 11) is 4.72. The van der Waals surface area contributed by atoms with Crippen LogP contribution >= 0.6 is 0 Å². The van der Waals surface area contributed by atoms with Crippen LogP contribution in [0.15, 0.2) is 0 Å². The zero-order valence-electron chi connectivity index (χ0n) is 5.80. The van der Waals surface area contributed by atoms with Gasteiger partial charge in [0.1, 0.15) is 0 Å². The Balaban J connectivity index is 0. The van der Waals surface area contributed by atoms with E-state index in [2.05, 4.69) is 0 Å². The first-order chi connectivity index (χ1) is 3.35. The predicted molar refractivity (Wildman–Crippen MR) is 26.8 cm³/mol. The van der Waals surface area contributed by atoms with Crippen LogP contribution in [0.2, 0.25) is 0 Å². The van der Waals surface area contributed by atoms with Crippen molar-refractivity contribution in [1.29, 1.82) is 0 Å². The van der Waals surface area contributed by atoms with E-state index in [0.29, 0.717) is 0 Å². The van der Waals surface area contributed by atoms with Crippen molar-refractivity contribution in [3.05, 3.63) is 0 Å². The number of hydrogen-bond donors (Lipinski definition) is 0. The second-order valence-electron chi connectivity index (χ2n) is 0.996. The first-order valence-electron chi connectivity index (χ1n) is 1.93. The largest absolute Gasteiger partial charge is 1.00 e. The van der Waals surface area contributed by atoms with Gasteiger partial charge in [-0.1, -0.05) is 0 Å². The molecule has 0 unspecified atom stereocenters. The van der Waals surface area contributed by atoms with Crippen molar-refractivity contribution in [1.82, 2.24) is 0 Å². The Labute approximate surface area is 97.5 Å². The van der Waals surface area contributed by atoms with Gasteiger partial charge < -0.3 is 11.4 Å². The van der Waals surface area contributed by atoms with Crippen LogP contribution in [0.3, 0.4) is 0 Å². The molecular formula is C3H9AlKO3. The third kappa shape index (κ3) is 6.17. The first-order valence-corrected chi connectivity index (χ1v) is 3.35. The van der Waals surface area contributed by atoms with Gasteiger partial charge in [0.05, 0.1) is 0 Å². The molecule has 0 N–H and O–H groups in total. The van der Waals surface area contributed by atoms with Gasteiger partial charge in [0, 0.05) is 0 Å². The van der Waals surface area contributed by atoms with Crippen LogP contribution in [0.4, 0.5) is 0 Å². The fourth-order valence-electron chi connectivity index (χ4n) is 0.289. The van der Waals surface area contributed by atoms with Crippen molar-refractivity contribution in [2.45, 2.75) is 0 Å². The van der Waals surface area contributed by atoms with E-state index in [4.69, 9.17) is 11.4 Å². The van der Waals surface area contributed by atoms with Crippen LogP contribution < -0.4 is 51.4 Å². The van der Waals surface area contributed by atoms with Crippen molar-refractivity contribution in [3.8, 4) is 0 Å². The fraction of sp³-hybridized carbons (Fsp3) is 1.00. The maximum Gasteiger partial charge on any atom is 1.00 e. The van der Waals surface area contributed by atoms with Crippen LogP contribution in [0.1, 0.15) is 0 Å². The maximum absolute atomic E-state index is 4.74. The quantitative estimate of drug-likeness (QED) is 0.409. The van der Waals surface area contributed by atoms with Gasteiger partial charge in [0.15, 0.2) is 0 Å². The first kappa shape index (κ1) is 12.7. The van der Waals surface area contributed by atoms with E-state index in [1.165, 1.54) is 0 Å². The molecule has 0 rings (SSSR count). The standard InChI is InChI=1S/3CH3O.Al.K/c3*1-2;;/h3*1H3;;/q3*-1;+2;+1. The fourth-order valence-corrected chi connectivity index (χ4v) is 0.866. The molecule has 0 spiro atoms. The average Bonchev–Trinajstić information content (AvgIpc) is 1.72. The third-order valence-electron chi connectivity index (χ3n) is 0.577. The van der Waals surface area contributed by atoms with Gasteiger partial charge in [-0.25, -0.2) is 0 Å². The molecule has 0 bridgehead atoms. The summed E-state index contributed by atoms with van der Waals surface area (Å²) in [6.45, 7) is 0. The summed E-state index contributed by atoms with van der Waals surface area (Å²) in [6, 6.07) is 0. The van der Waals surface area contributed by atoms with Gasteiger partial charge in [0.2, 0.25) is 0 Å². The predicted octanol–water partition coefficient (Wildman–Crippen LogP) is -3.09. The number of rotatable bonds is 3. The summed E-state index contributed by atoms with van der Waals surface area (Å²) in [5.74, 6) is 0. The third-order valence-corrected chi connectivity index (χ3v) is 1.73. The molecule has 0 aromatic heterocycles. The average molecular weight is 159 g/mol.